The van der Waals surface area contributed by atoms with E-state index in [1.807, 2.05) is 66.7 Å². The lowest BCUT2D eigenvalue weighted by Crippen LogP contribution is -2.00. The van der Waals surface area contributed by atoms with Gasteiger partial charge in [-0.2, -0.15) is 0 Å². The molecule has 0 spiro atoms. The molecule has 0 amide bonds. The summed E-state index contributed by atoms with van der Waals surface area (Å²) in [4.78, 5) is 15.1. The Morgan fingerprint density at radius 2 is 0.841 bits per heavy atom. The molecule has 0 saturated carbocycles. The molecule has 0 N–H and O–H groups in total. The molecular formula is C57H34N4O2. The van der Waals surface area contributed by atoms with Crippen LogP contribution >= 0.6 is 0 Å². The van der Waals surface area contributed by atoms with Gasteiger partial charge in [0.05, 0.1) is 11.0 Å². The van der Waals surface area contributed by atoms with E-state index in [1.54, 1.807) is 0 Å². The van der Waals surface area contributed by atoms with Gasteiger partial charge in [-0.05, 0) is 83.4 Å². The first kappa shape index (κ1) is 35.2. The van der Waals surface area contributed by atoms with E-state index in [0.29, 0.717) is 17.5 Å². The van der Waals surface area contributed by atoms with Gasteiger partial charge in [-0.3, -0.25) is 0 Å². The molecule has 6 nitrogen and oxygen atoms in total. The third-order valence-electron chi connectivity index (χ3n) is 12.3. The van der Waals surface area contributed by atoms with Crippen molar-refractivity contribution in [2.45, 2.75) is 0 Å². The molecule has 0 bridgehead atoms. The Hall–Kier alpha value is -8.61. The van der Waals surface area contributed by atoms with E-state index in [9.17, 15) is 0 Å². The smallest absolute Gasteiger partial charge is 0.164 e. The van der Waals surface area contributed by atoms with Crippen LogP contribution < -0.4 is 0 Å². The molecule has 0 unspecified atom stereocenters. The van der Waals surface area contributed by atoms with E-state index >= 15 is 0 Å². The summed E-state index contributed by atoms with van der Waals surface area (Å²) in [6.45, 7) is 0. The fraction of sp³-hybridized carbons (Fsp3) is 0. The summed E-state index contributed by atoms with van der Waals surface area (Å²) in [5, 5.41) is 6.78. The highest BCUT2D eigenvalue weighted by Gasteiger charge is 2.19. The summed E-state index contributed by atoms with van der Waals surface area (Å²) < 4.78 is 14.9. The molecule has 4 heterocycles. The Morgan fingerprint density at radius 3 is 1.65 bits per heavy atom. The molecule has 13 aromatic rings. The largest absolute Gasteiger partial charge is 0.456 e. The number of fused-ring (bicyclic) bond motifs is 9. The quantitative estimate of drug-likeness (QED) is 0.167. The van der Waals surface area contributed by atoms with Crippen molar-refractivity contribution < 1.29 is 8.83 Å². The van der Waals surface area contributed by atoms with Gasteiger partial charge in [0, 0.05) is 60.3 Å². The molecule has 0 aliphatic heterocycles. The molecule has 294 valence electrons. The standard InChI is InChI=1S/C57H34N4O2/c1-2-13-35(14-3-1)55-58-56(60-57(59-55)39-29-32-45-44-18-5-8-24-49(44)63-52(45)34-39)36-27-30-40(31-28-36)61-48-23-7-4-17-43(48)46-22-11-21-42(54(46)61)38-16-10-15-37(33-38)41-20-12-26-51-53(41)47-19-6-9-25-50(47)62-51/h1-34H. The lowest BCUT2D eigenvalue weighted by Gasteiger charge is -2.14. The lowest BCUT2D eigenvalue weighted by atomic mass is 9.95. The van der Waals surface area contributed by atoms with Crippen LogP contribution in [0.3, 0.4) is 0 Å². The minimum Gasteiger partial charge on any atom is -0.456 e. The van der Waals surface area contributed by atoms with Crippen molar-refractivity contribution in [1.82, 2.24) is 19.5 Å². The van der Waals surface area contributed by atoms with Crippen LogP contribution in [-0.4, -0.2) is 19.5 Å². The first-order valence-corrected chi connectivity index (χ1v) is 21.1. The van der Waals surface area contributed by atoms with Crippen LogP contribution in [0.5, 0.6) is 0 Å². The molecule has 0 atom stereocenters. The molecule has 0 radical (unpaired) electrons. The van der Waals surface area contributed by atoms with Crippen LogP contribution in [0, 0.1) is 0 Å². The molecule has 0 aliphatic carbocycles. The molecule has 6 heteroatoms. The lowest BCUT2D eigenvalue weighted by molar-refractivity contribution is 0.668. The number of para-hydroxylation sites is 4. The Labute approximate surface area is 361 Å². The van der Waals surface area contributed by atoms with Gasteiger partial charge in [-0.15, -0.1) is 0 Å². The number of rotatable bonds is 6. The second-order valence-corrected chi connectivity index (χ2v) is 15.9. The molecule has 63 heavy (non-hydrogen) atoms. The van der Waals surface area contributed by atoms with Crippen molar-refractivity contribution in [3.05, 3.63) is 206 Å². The maximum absolute atomic E-state index is 6.28. The van der Waals surface area contributed by atoms with Crippen LogP contribution in [0.1, 0.15) is 0 Å². The van der Waals surface area contributed by atoms with Gasteiger partial charge in [0.25, 0.3) is 0 Å². The number of hydrogen-bond donors (Lipinski definition) is 0. The van der Waals surface area contributed by atoms with Gasteiger partial charge < -0.3 is 13.4 Å². The van der Waals surface area contributed by atoms with Gasteiger partial charge in [-0.25, -0.2) is 15.0 Å². The predicted octanol–water partition coefficient (Wildman–Crippen LogP) is 15.1. The van der Waals surface area contributed by atoms with Crippen LogP contribution in [0.4, 0.5) is 0 Å². The zero-order valence-electron chi connectivity index (χ0n) is 33.7. The third-order valence-corrected chi connectivity index (χ3v) is 12.3. The monoisotopic (exact) mass is 806 g/mol. The second-order valence-electron chi connectivity index (χ2n) is 15.9. The Morgan fingerprint density at radius 1 is 0.317 bits per heavy atom. The summed E-state index contributed by atoms with van der Waals surface area (Å²) in [7, 11) is 0. The molecule has 0 saturated heterocycles. The van der Waals surface area contributed by atoms with E-state index in [-0.39, 0.29) is 0 Å². The molecule has 4 aromatic heterocycles. The van der Waals surface area contributed by atoms with Crippen LogP contribution in [0.15, 0.2) is 215 Å². The second kappa shape index (κ2) is 14.0. The average Bonchev–Trinajstić information content (AvgIpc) is 4.04. The van der Waals surface area contributed by atoms with Crippen molar-refractivity contribution >= 4 is 65.7 Å². The first-order valence-electron chi connectivity index (χ1n) is 21.1. The minimum absolute atomic E-state index is 0.580. The van der Waals surface area contributed by atoms with Crippen molar-refractivity contribution in [3.63, 3.8) is 0 Å². The number of hydrogen-bond acceptors (Lipinski definition) is 5. The van der Waals surface area contributed by atoms with Crippen LogP contribution in [0.25, 0.3) is 128 Å². The van der Waals surface area contributed by atoms with Crippen LogP contribution in [-0.2, 0) is 0 Å². The summed E-state index contributed by atoms with van der Waals surface area (Å²) in [6.07, 6.45) is 0. The summed E-state index contributed by atoms with van der Waals surface area (Å²) in [5.41, 5.74) is 14.0. The van der Waals surface area contributed by atoms with E-state index in [2.05, 4.69) is 144 Å². The fourth-order valence-corrected chi connectivity index (χ4v) is 9.36. The van der Waals surface area contributed by atoms with E-state index in [4.69, 9.17) is 23.8 Å². The van der Waals surface area contributed by atoms with E-state index in [0.717, 1.165) is 99.5 Å². The highest BCUT2D eigenvalue weighted by molar-refractivity contribution is 6.15. The van der Waals surface area contributed by atoms with Gasteiger partial charge >= 0.3 is 0 Å². The van der Waals surface area contributed by atoms with Gasteiger partial charge in [0.2, 0.25) is 0 Å². The van der Waals surface area contributed by atoms with E-state index < -0.39 is 0 Å². The molecule has 13 rings (SSSR count). The normalized spacial score (nSPS) is 11.8. The summed E-state index contributed by atoms with van der Waals surface area (Å²) in [6, 6.07) is 71.7. The van der Waals surface area contributed by atoms with Crippen molar-refractivity contribution in [2.75, 3.05) is 0 Å². The van der Waals surface area contributed by atoms with Crippen molar-refractivity contribution in [3.8, 4) is 62.1 Å². The number of aromatic nitrogens is 4. The Balaban J connectivity index is 0.943. The highest BCUT2D eigenvalue weighted by atomic mass is 16.3. The SMILES string of the molecule is c1ccc(-c2nc(-c3ccc(-n4c5ccccc5c5cccc(-c6cccc(-c7cccc8oc9ccccc9c78)c6)c54)cc3)nc(-c3ccc4c(c3)oc3ccccc34)n2)cc1. The van der Waals surface area contributed by atoms with Crippen LogP contribution in [0.2, 0.25) is 0 Å². The molecule has 9 aromatic carbocycles. The fourth-order valence-electron chi connectivity index (χ4n) is 9.36. The average molecular weight is 807 g/mol. The zero-order valence-corrected chi connectivity index (χ0v) is 33.7. The Kier molecular flexibility index (Phi) is 7.80. The molecule has 0 fully saturated rings. The van der Waals surface area contributed by atoms with Crippen molar-refractivity contribution in [1.29, 1.82) is 0 Å². The van der Waals surface area contributed by atoms with Gasteiger partial charge in [0.15, 0.2) is 17.5 Å². The maximum atomic E-state index is 6.28. The van der Waals surface area contributed by atoms with Gasteiger partial charge in [0.1, 0.15) is 22.3 Å². The maximum Gasteiger partial charge on any atom is 0.164 e. The van der Waals surface area contributed by atoms with Crippen molar-refractivity contribution in [2.24, 2.45) is 0 Å². The summed E-state index contributed by atoms with van der Waals surface area (Å²) in [5.74, 6) is 1.78. The topological polar surface area (TPSA) is 69.9 Å². The molecule has 0 aliphatic rings. The Bertz CT molecular complexity index is 3920. The first-order chi connectivity index (χ1) is 31.2. The zero-order chi connectivity index (χ0) is 41.4. The number of furan rings is 2. The van der Waals surface area contributed by atoms with E-state index in [1.165, 1.54) is 10.8 Å². The highest BCUT2D eigenvalue weighted by Crippen LogP contribution is 2.42. The third kappa shape index (κ3) is 5.69. The number of benzene rings is 9. The van der Waals surface area contributed by atoms with Gasteiger partial charge in [-0.1, -0.05) is 140 Å². The minimum atomic E-state index is 0.580. The summed E-state index contributed by atoms with van der Waals surface area (Å²) >= 11 is 0. The predicted molar refractivity (Wildman–Crippen MR) is 256 cm³/mol. The molecular weight excluding hydrogens is 773 g/mol. The number of nitrogens with zero attached hydrogens (tertiary/aromatic N) is 4.